The Balaban J connectivity index is 1.42. The highest BCUT2D eigenvalue weighted by Gasteiger charge is 2.28. The number of fused-ring (bicyclic) bond motifs is 1. The van der Waals surface area contributed by atoms with Crippen molar-refractivity contribution in [3.05, 3.63) is 94.8 Å². The third kappa shape index (κ3) is 5.16. The largest absolute Gasteiger partial charge is 0.452 e. The van der Waals surface area contributed by atoms with Gasteiger partial charge in [0.05, 0.1) is 10.5 Å². The van der Waals surface area contributed by atoms with Crippen LogP contribution in [0.4, 0.5) is 10.1 Å². The molecule has 9 heteroatoms. The van der Waals surface area contributed by atoms with Crippen molar-refractivity contribution in [1.82, 2.24) is 4.31 Å². The number of rotatable bonds is 6. The number of hydrogen-bond donors (Lipinski definition) is 1. The minimum absolute atomic E-state index is 0.00761. The minimum atomic E-state index is -3.83. The van der Waals surface area contributed by atoms with Gasteiger partial charge in [0.25, 0.3) is 5.91 Å². The van der Waals surface area contributed by atoms with Crippen molar-refractivity contribution >= 4 is 27.6 Å². The number of carbonyl (C=O) groups is 2. The zero-order chi connectivity index (χ0) is 24.3. The van der Waals surface area contributed by atoms with E-state index in [1.165, 1.54) is 46.8 Å². The van der Waals surface area contributed by atoms with Crippen LogP contribution in [0.2, 0.25) is 0 Å². The number of anilines is 1. The number of sulfonamides is 1. The van der Waals surface area contributed by atoms with Crippen molar-refractivity contribution in [1.29, 1.82) is 0 Å². The molecule has 1 aliphatic rings. The van der Waals surface area contributed by atoms with Crippen molar-refractivity contribution in [2.45, 2.75) is 24.8 Å². The zero-order valence-corrected chi connectivity index (χ0v) is 19.3. The van der Waals surface area contributed by atoms with Crippen LogP contribution in [-0.4, -0.2) is 37.8 Å². The summed E-state index contributed by atoms with van der Waals surface area (Å²) in [5.41, 5.74) is 3.01. The van der Waals surface area contributed by atoms with Gasteiger partial charge in [-0.25, -0.2) is 17.6 Å². The second-order valence-electron chi connectivity index (χ2n) is 7.97. The minimum Gasteiger partial charge on any atom is -0.452 e. The van der Waals surface area contributed by atoms with E-state index in [9.17, 15) is 22.4 Å². The van der Waals surface area contributed by atoms with E-state index in [1.807, 2.05) is 24.3 Å². The van der Waals surface area contributed by atoms with Crippen molar-refractivity contribution in [3.63, 3.8) is 0 Å². The molecule has 0 aliphatic carbocycles. The van der Waals surface area contributed by atoms with Crippen molar-refractivity contribution in [3.8, 4) is 0 Å². The average molecular weight is 483 g/mol. The molecule has 1 heterocycles. The van der Waals surface area contributed by atoms with Gasteiger partial charge < -0.3 is 10.1 Å². The highest BCUT2D eigenvalue weighted by Crippen LogP contribution is 2.25. The number of nitrogens with one attached hydrogen (secondary N) is 1. The molecule has 0 radical (unpaired) electrons. The summed E-state index contributed by atoms with van der Waals surface area (Å²) in [4.78, 5) is 24.6. The quantitative estimate of drug-likeness (QED) is 0.541. The molecule has 7 nitrogen and oxygen atoms in total. The zero-order valence-electron chi connectivity index (χ0n) is 18.5. The van der Waals surface area contributed by atoms with Gasteiger partial charge in [0.2, 0.25) is 10.0 Å². The van der Waals surface area contributed by atoms with Gasteiger partial charge in [0.15, 0.2) is 6.61 Å². The van der Waals surface area contributed by atoms with Crippen LogP contribution in [0.5, 0.6) is 0 Å². The molecule has 176 valence electrons. The van der Waals surface area contributed by atoms with Crippen LogP contribution in [0.25, 0.3) is 0 Å². The fraction of sp³-hybridized carbons (Fsp3) is 0.200. The Kier molecular flexibility index (Phi) is 6.76. The van der Waals surface area contributed by atoms with Gasteiger partial charge in [-0.3, -0.25) is 4.79 Å². The number of hydrogen-bond acceptors (Lipinski definition) is 5. The molecule has 1 aliphatic heterocycles. The second kappa shape index (κ2) is 9.74. The Morgan fingerprint density at radius 3 is 2.59 bits per heavy atom. The standard InChI is InChI=1S/C25H23FN2O5S/c1-17-9-10-21(26)14-23(17)27-24(29)16-33-25(30)19-7-4-8-22(13-19)34(31,32)28-12-11-18-5-2-3-6-20(18)15-28/h2-10,13-14H,11-12,15-16H2,1H3,(H,27,29). The van der Waals surface area contributed by atoms with Crippen LogP contribution < -0.4 is 5.32 Å². The van der Waals surface area contributed by atoms with E-state index >= 15 is 0 Å². The number of nitrogens with zero attached hydrogens (tertiary/aromatic N) is 1. The SMILES string of the molecule is Cc1ccc(F)cc1NC(=O)COC(=O)c1cccc(S(=O)(=O)N2CCc3ccccc3C2)c1. The van der Waals surface area contributed by atoms with E-state index < -0.39 is 34.3 Å². The summed E-state index contributed by atoms with van der Waals surface area (Å²) in [7, 11) is -3.83. The molecule has 0 spiro atoms. The smallest absolute Gasteiger partial charge is 0.338 e. The van der Waals surface area contributed by atoms with E-state index in [-0.39, 0.29) is 22.7 Å². The van der Waals surface area contributed by atoms with E-state index in [1.54, 1.807) is 6.92 Å². The van der Waals surface area contributed by atoms with Gasteiger partial charge in [-0.2, -0.15) is 4.31 Å². The summed E-state index contributed by atoms with van der Waals surface area (Å²) >= 11 is 0. The van der Waals surface area contributed by atoms with E-state index in [0.717, 1.165) is 11.1 Å². The van der Waals surface area contributed by atoms with E-state index in [0.29, 0.717) is 18.5 Å². The van der Waals surface area contributed by atoms with Gasteiger partial charge in [-0.15, -0.1) is 0 Å². The maximum absolute atomic E-state index is 13.4. The molecule has 1 amide bonds. The summed E-state index contributed by atoms with van der Waals surface area (Å²) in [6.07, 6.45) is 0.608. The summed E-state index contributed by atoms with van der Waals surface area (Å²) in [5.74, 6) is -1.99. The Morgan fingerprint density at radius 1 is 1.03 bits per heavy atom. The monoisotopic (exact) mass is 482 g/mol. The Labute approximate surface area is 197 Å². The topological polar surface area (TPSA) is 92.8 Å². The van der Waals surface area contributed by atoms with Crippen LogP contribution in [0.3, 0.4) is 0 Å². The lowest BCUT2D eigenvalue weighted by molar-refractivity contribution is -0.119. The molecular formula is C25H23FN2O5S. The molecular weight excluding hydrogens is 459 g/mol. The number of halogens is 1. The lowest BCUT2D eigenvalue weighted by Gasteiger charge is -2.28. The van der Waals surface area contributed by atoms with Gasteiger partial charge in [0.1, 0.15) is 5.82 Å². The van der Waals surface area contributed by atoms with Crippen molar-refractivity contribution in [2.24, 2.45) is 0 Å². The Morgan fingerprint density at radius 2 is 1.79 bits per heavy atom. The first-order valence-electron chi connectivity index (χ1n) is 10.6. The molecule has 0 saturated carbocycles. The Hall–Kier alpha value is -3.56. The van der Waals surface area contributed by atoms with Crippen LogP contribution in [0, 0.1) is 12.7 Å². The maximum atomic E-state index is 13.4. The Bertz CT molecular complexity index is 1360. The highest BCUT2D eigenvalue weighted by molar-refractivity contribution is 7.89. The van der Waals surface area contributed by atoms with Crippen molar-refractivity contribution < 1.29 is 27.1 Å². The summed E-state index contributed by atoms with van der Waals surface area (Å²) in [5, 5.41) is 2.49. The first-order chi connectivity index (χ1) is 16.2. The lowest BCUT2D eigenvalue weighted by Crippen LogP contribution is -2.36. The van der Waals surface area contributed by atoms with Gasteiger partial charge in [-0.05, 0) is 60.4 Å². The van der Waals surface area contributed by atoms with Crippen LogP contribution >= 0.6 is 0 Å². The molecule has 0 atom stereocenters. The predicted molar refractivity (Wildman–Crippen MR) is 124 cm³/mol. The molecule has 0 aromatic heterocycles. The number of amides is 1. The van der Waals surface area contributed by atoms with Crippen LogP contribution in [-0.2, 0) is 32.5 Å². The molecule has 0 fully saturated rings. The fourth-order valence-corrected chi connectivity index (χ4v) is 5.20. The molecule has 3 aromatic carbocycles. The fourth-order valence-electron chi connectivity index (χ4n) is 3.74. The predicted octanol–water partition coefficient (Wildman–Crippen LogP) is 3.68. The van der Waals surface area contributed by atoms with Gasteiger partial charge in [0, 0.05) is 18.8 Å². The summed E-state index contributed by atoms with van der Waals surface area (Å²) in [6, 6.07) is 17.2. The number of aryl methyl sites for hydroxylation is 1. The summed E-state index contributed by atoms with van der Waals surface area (Å²) < 4.78 is 46.2. The lowest BCUT2D eigenvalue weighted by atomic mass is 10.0. The molecule has 0 saturated heterocycles. The molecule has 0 bridgehead atoms. The second-order valence-corrected chi connectivity index (χ2v) is 9.91. The van der Waals surface area contributed by atoms with E-state index in [4.69, 9.17) is 4.74 Å². The van der Waals surface area contributed by atoms with Gasteiger partial charge >= 0.3 is 5.97 Å². The highest BCUT2D eigenvalue weighted by atomic mass is 32.2. The molecule has 3 aromatic rings. The number of ether oxygens (including phenoxy) is 1. The summed E-state index contributed by atoms with van der Waals surface area (Å²) in [6.45, 7) is 1.70. The molecule has 1 N–H and O–H groups in total. The maximum Gasteiger partial charge on any atom is 0.338 e. The van der Waals surface area contributed by atoms with Crippen LogP contribution in [0.15, 0.2) is 71.6 Å². The number of benzene rings is 3. The normalized spacial score (nSPS) is 13.7. The van der Waals surface area contributed by atoms with E-state index in [2.05, 4.69) is 5.32 Å². The van der Waals surface area contributed by atoms with Crippen LogP contribution in [0.1, 0.15) is 27.0 Å². The third-order valence-electron chi connectivity index (χ3n) is 5.61. The molecule has 4 rings (SSSR count). The molecule has 34 heavy (non-hydrogen) atoms. The average Bonchev–Trinajstić information content (AvgIpc) is 2.84. The number of esters is 1. The molecule has 0 unspecified atom stereocenters. The third-order valence-corrected chi connectivity index (χ3v) is 7.45. The first kappa shape index (κ1) is 23.6. The number of carbonyl (C=O) groups excluding carboxylic acids is 2. The van der Waals surface area contributed by atoms with Crippen molar-refractivity contribution in [2.75, 3.05) is 18.5 Å². The van der Waals surface area contributed by atoms with Gasteiger partial charge in [-0.1, -0.05) is 36.4 Å². The first-order valence-corrected chi connectivity index (χ1v) is 12.1.